The summed E-state index contributed by atoms with van der Waals surface area (Å²) in [6.45, 7) is 0. The van der Waals surface area contributed by atoms with Gasteiger partial charge in [0.2, 0.25) is 5.13 Å². The number of methoxy groups -OCH3 is 2. The molecule has 7 nitrogen and oxygen atoms in total. The van der Waals surface area contributed by atoms with Crippen molar-refractivity contribution in [3.8, 4) is 11.5 Å². The minimum absolute atomic E-state index is 0.0758. The number of halogens is 2. The zero-order chi connectivity index (χ0) is 16.3. The van der Waals surface area contributed by atoms with Crippen LogP contribution >= 0.6 is 11.3 Å². The zero-order valence-electron chi connectivity index (χ0n) is 11.4. The first kappa shape index (κ1) is 16.4. The third-order valence-corrected chi connectivity index (χ3v) is 4.84. The lowest BCUT2D eigenvalue weighted by molar-refractivity contribution is 0.150. The summed E-state index contributed by atoms with van der Waals surface area (Å²) in [5.74, 6) is 0.374. The van der Waals surface area contributed by atoms with Crippen LogP contribution in [0.2, 0.25) is 0 Å². The maximum Gasteiger partial charge on any atom is 0.291 e. The number of anilines is 1. The fraction of sp³-hybridized carbons (Fsp3) is 0.273. The molecule has 0 amide bonds. The van der Waals surface area contributed by atoms with E-state index in [4.69, 9.17) is 9.47 Å². The fourth-order valence-electron chi connectivity index (χ4n) is 1.53. The highest BCUT2D eigenvalue weighted by molar-refractivity contribution is 7.93. The van der Waals surface area contributed by atoms with Crippen molar-refractivity contribution in [1.82, 2.24) is 10.2 Å². The Balaban J connectivity index is 2.37. The van der Waals surface area contributed by atoms with Crippen LogP contribution in [0.5, 0.6) is 11.5 Å². The zero-order valence-corrected chi connectivity index (χ0v) is 13.0. The second kappa shape index (κ2) is 6.40. The molecule has 0 saturated heterocycles. The Morgan fingerprint density at radius 1 is 1.23 bits per heavy atom. The summed E-state index contributed by atoms with van der Waals surface area (Å²) in [7, 11) is -1.41. The largest absolute Gasteiger partial charge is 0.497 e. The van der Waals surface area contributed by atoms with Crippen molar-refractivity contribution in [1.29, 1.82) is 0 Å². The van der Waals surface area contributed by atoms with E-state index in [1.165, 1.54) is 32.4 Å². The Hall–Kier alpha value is -2.01. The number of benzene rings is 1. The Bertz CT molecular complexity index is 764. The number of alkyl halides is 2. The third-order valence-electron chi connectivity index (χ3n) is 2.51. The molecule has 22 heavy (non-hydrogen) atoms. The van der Waals surface area contributed by atoms with E-state index < -0.39 is 21.5 Å². The summed E-state index contributed by atoms with van der Waals surface area (Å²) in [6.07, 6.45) is -2.82. The summed E-state index contributed by atoms with van der Waals surface area (Å²) >= 11 is 0.451. The van der Waals surface area contributed by atoms with Gasteiger partial charge in [-0.25, -0.2) is 17.2 Å². The van der Waals surface area contributed by atoms with Gasteiger partial charge in [0.25, 0.3) is 16.4 Å². The van der Waals surface area contributed by atoms with E-state index in [2.05, 4.69) is 14.9 Å². The van der Waals surface area contributed by atoms with Crippen molar-refractivity contribution in [3.05, 3.63) is 23.2 Å². The first-order valence-corrected chi connectivity index (χ1v) is 8.03. The summed E-state index contributed by atoms with van der Waals surface area (Å²) in [4.78, 5) is -0.205. The molecule has 0 unspecified atom stereocenters. The van der Waals surface area contributed by atoms with Crippen molar-refractivity contribution in [2.75, 3.05) is 18.9 Å². The number of rotatable bonds is 6. The molecule has 1 aromatic carbocycles. The van der Waals surface area contributed by atoms with Crippen LogP contribution in [-0.2, 0) is 10.0 Å². The van der Waals surface area contributed by atoms with Crippen LogP contribution < -0.4 is 14.2 Å². The smallest absolute Gasteiger partial charge is 0.291 e. The lowest BCUT2D eigenvalue weighted by Gasteiger charge is -2.11. The molecule has 0 saturated carbocycles. The maximum absolute atomic E-state index is 12.4. The molecule has 0 fully saturated rings. The van der Waals surface area contributed by atoms with Gasteiger partial charge in [0.05, 0.1) is 14.2 Å². The quantitative estimate of drug-likeness (QED) is 0.859. The van der Waals surface area contributed by atoms with Crippen molar-refractivity contribution < 1.29 is 26.7 Å². The van der Waals surface area contributed by atoms with Gasteiger partial charge in [-0.05, 0) is 12.1 Å². The van der Waals surface area contributed by atoms with Crippen LogP contribution in [0.1, 0.15) is 11.4 Å². The van der Waals surface area contributed by atoms with Crippen molar-refractivity contribution in [2.24, 2.45) is 0 Å². The number of hydrogen-bond acceptors (Lipinski definition) is 7. The van der Waals surface area contributed by atoms with E-state index in [-0.39, 0.29) is 15.8 Å². The molecular weight excluding hydrogens is 340 g/mol. The molecule has 120 valence electrons. The summed E-state index contributed by atoms with van der Waals surface area (Å²) in [5, 5.41) is 5.74. The van der Waals surface area contributed by atoms with Crippen LogP contribution in [0.4, 0.5) is 13.9 Å². The standard InChI is InChI=1S/C11H11F2N3O4S2/c1-19-6-3-4-7(20-2)8(5-6)22(17,18)16-11-15-14-10(21-11)9(12)13/h3-5,9H,1-2H3,(H,15,16). The van der Waals surface area contributed by atoms with E-state index in [1.807, 2.05) is 0 Å². The molecule has 0 aliphatic carbocycles. The number of sulfonamides is 1. The molecule has 0 bridgehead atoms. The molecule has 0 radical (unpaired) electrons. The van der Waals surface area contributed by atoms with Crippen LogP contribution in [0.15, 0.2) is 23.1 Å². The van der Waals surface area contributed by atoms with Gasteiger partial charge < -0.3 is 9.47 Å². The first-order valence-electron chi connectivity index (χ1n) is 5.73. The Morgan fingerprint density at radius 3 is 2.50 bits per heavy atom. The molecule has 0 atom stereocenters. The van der Waals surface area contributed by atoms with Gasteiger partial charge in [-0.3, -0.25) is 4.72 Å². The Morgan fingerprint density at radius 2 is 1.95 bits per heavy atom. The Labute approximate surface area is 129 Å². The van der Waals surface area contributed by atoms with E-state index in [9.17, 15) is 17.2 Å². The molecule has 1 heterocycles. The van der Waals surface area contributed by atoms with Crippen LogP contribution in [0, 0.1) is 0 Å². The molecule has 2 aromatic rings. The van der Waals surface area contributed by atoms with Crippen molar-refractivity contribution in [2.45, 2.75) is 11.3 Å². The molecule has 1 N–H and O–H groups in total. The predicted octanol–water partition coefficient (Wildman–Crippen LogP) is 2.29. The fourth-order valence-corrected chi connectivity index (χ4v) is 3.54. The highest BCUT2D eigenvalue weighted by Crippen LogP contribution is 2.31. The molecule has 1 aromatic heterocycles. The second-order valence-electron chi connectivity index (χ2n) is 3.87. The van der Waals surface area contributed by atoms with E-state index in [0.29, 0.717) is 17.1 Å². The molecule has 0 aliphatic heterocycles. The lowest BCUT2D eigenvalue weighted by Crippen LogP contribution is -2.14. The Kier molecular flexibility index (Phi) is 4.76. The number of aromatic nitrogens is 2. The number of ether oxygens (including phenoxy) is 2. The number of nitrogens with zero attached hydrogens (tertiary/aromatic N) is 2. The van der Waals surface area contributed by atoms with Gasteiger partial charge >= 0.3 is 0 Å². The summed E-state index contributed by atoms with van der Waals surface area (Å²) in [6, 6.07) is 4.19. The van der Waals surface area contributed by atoms with Gasteiger partial charge in [0.15, 0.2) is 5.01 Å². The highest BCUT2D eigenvalue weighted by Gasteiger charge is 2.23. The van der Waals surface area contributed by atoms with Crippen molar-refractivity contribution in [3.63, 3.8) is 0 Å². The molecular formula is C11H11F2N3O4S2. The molecule has 2 rings (SSSR count). The normalized spacial score (nSPS) is 11.5. The van der Waals surface area contributed by atoms with Gasteiger partial charge in [0, 0.05) is 6.07 Å². The van der Waals surface area contributed by atoms with Gasteiger partial charge in [-0.2, -0.15) is 0 Å². The summed E-state index contributed by atoms with van der Waals surface area (Å²) < 4.78 is 61.6. The van der Waals surface area contributed by atoms with Gasteiger partial charge in [-0.15, -0.1) is 10.2 Å². The number of hydrogen-bond donors (Lipinski definition) is 1. The van der Waals surface area contributed by atoms with Gasteiger partial charge in [-0.1, -0.05) is 11.3 Å². The first-order chi connectivity index (χ1) is 10.4. The third kappa shape index (κ3) is 3.42. The minimum Gasteiger partial charge on any atom is -0.497 e. The van der Waals surface area contributed by atoms with Crippen LogP contribution in [0.3, 0.4) is 0 Å². The topological polar surface area (TPSA) is 90.4 Å². The molecule has 0 spiro atoms. The lowest BCUT2D eigenvalue weighted by atomic mass is 10.3. The maximum atomic E-state index is 12.4. The highest BCUT2D eigenvalue weighted by atomic mass is 32.2. The second-order valence-corrected chi connectivity index (χ2v) is 6.53. The molecule has 11 heteroatoms. The predicted molar refractivity (Wildman–Crippen MR) is 75.2 cm³/mol. The minimum atomic E-state index is -4.09. The number of nitrogens with one attached hydrogen (secondary N) is 1. The van der Waals surface area contributed by atoms with E-state index in [0.717, 1.165) is 0 Å². The molecule has 0 aliphatic rings. The van der Waals surface area contributed by atoms with Crippen molar-refractivity contribution >= 4 is 26.5 Å². The van der Waals surface area contributed by atoms with E-state index in [1.54, 1.807) is 0 Å². The van der Waals surface area contributed by atoms with E-state index >= 15 is 0 Å². The monoisotopic (exact) mass is 351 g/mol. The van der Waals surface area contributed by atoms with Gasteiger partial charge in [0.1, 0.15) is 16.4 Å². The van der Waals surface area contributed by atoms with Crippen LogP contribution in [0.25, 0.3) is 0 Å². The van der Waals surface area contributed by atoms with Crippen LogP contribution in [-0.4, -0.2) is 32.8 Å². The SMILES string of the molecule is COc1ccc(OC)c(S(=O)(=O)Nc2nnc(C(F)F)s2)c1. The average molecular weight is 351 g/mol. The average Bonchev–Trinajstić information content (AvgIpc) is 2.94. The summed E-state index contributed by atoms with van der Waals surface area (Å²) in [5.41, 5.74) is 0.